The normalized spacial score (nSPS) is 10.2. The predicted molar refractivity (Wildman–Crippen MR) is 66.7 cm³/mol. The zero-order valence-corrected chi connectivity index (χ0v) is 10.7. The largest absolute Gasteiger partial charge is 0.490 e. The molecule has 1 rings (SSSR count). The molecule has 0 fully saturated rings. The number of hydroxylamine groups is 1. The summed E-state index contributed by atoms with van der Waals surface area (Å²) in [7, 11) is 0. The van der Waals surface area contributed by atoms with Crippen LogP contribution in [0, 0.1) is 8.98 Å². The number of amidine groups is 1. The van der Waals surface area contributed by atoms with Crippen LogP contribution in [0.25, 0.3) is 0 Å². The van der Waals surface area contributed by atoms with E-state index >= 15 is 0 Å². The Morgan fingerprint density at radius 1 is 1.53 bits per heavy atom. The first kappa shape index (κ1) is 12.3. The zero-order chi connectivity index (χ0) is 11.4. The molecule has 0 saturated carbocycles. The van der Waals surface area contributed by atoms with Gasteiger partial charge in [0.1, 0.15) is 11.6 Å². The molecule has 0 aromatic heterocycles. The first-order valence-electron chi connectivity index (χ1n) is 4.50. The number of benzene rings is 1. The van der Waals surface area contributed by atoms with E-state index in [0.29, 0.717) is 5.56 Å². The van der Waals surface area contributed by atoms with Crippen LogP contribution in [0.2, 0.25) is 0 Å². The molecule has 1 aromatic carbocycles. The van der Waals surface area contributed by atoms with Gasteiger partial charge in [0.25, 0.3) is 0 Å². The number of hydrogen-bond acceptors (Lipinski definition) is 3. The first-order valence-corrected chi connectivity index (χ1v) is 5.57. The Balaban J connectivity index is 2.99. The maximum Gasteiger partial charge on any atom is 0.149 e. The molecule has 0 aliphatic carbocycles. The van der Waals surface area contributed by atoms with Gasteiger partial charge < -0.3 is 4.74 Å². The van der Waals surface area contributed by atoms with Crippen LogP contribution in [-0.4, -0.2) is 17.1 Å². The Labute approximate surface area is 102 Å². The summed E-state index contributed by atoms with van der Waals surface area (Å²) in [6.07, 6.45) is 0.0880. The molecule has 82 valence electrons. The Kier molecular flexibility index (Phi) is 4.34. The third-order valence-corrected chi connectivity index (χ3v) is 2.59. The molecular weight excluding hydrogens is 307 g/mol. The molecule has 0 radical (unpaired) electrons. The van der Waals surface area contributed by atoms with Crippen molar-refractivity contribution in [3.05, 3.63) is 27.3 Å². The number of hydrogen-bond donors (Lipinski definition) is 3. The molecule has 0 amide bonds. The van der Waals surface area contributed by atoms with Gasteiger partial charge in [-0.15, -0.1) is 0 Å². The molecule has 0 atom stereocenters. The van der Waals surface area contributed by atoms with Crippen LogP contribution in [-0.2, 0) is 0 Å². The molecule has 0 unspecified atom stereocenters. The second-order valence-corrected chi connectivity index (χ2v) is 4.46. The number of halogens is 1. The summed E-state index contributed by atoms with van der Waals surface area (Å²) in [6, 6.07) is 5.33. The van der Waals surface area contributed by atoms with E-state index in [2.05, 4.69) is 22.6 Å². The monoisotopic (exact) mass is 320 g/mol. The van der Waals surface area contributed by atoms with E-state index in [4.69, 9.17) is 15.4 Å². The average molecular weight is 320 g/mol. The molecule has 3 N–H and O–H groups in total. The highest BCUT2D eigenvalue weighted by atomic mass is 127. The van der Waals surface area contributed by atoms with Crippen molar-refractivity contribution < 1.29 is 9.94 Å². The maximum absolute atomic E-state index is 8.61. The lowest BCUT2D eigenvalue weighted by molar-refractivity contribution is 0.233. The molecule has 15 heavy (non-hydrogen) atoms. The van der Waals surface area contributed by atoms with Gasteiger partial charge in [-0.25, -0.2) is 0 Å². The van der Waals surface area contributed by atoms with Gasteiger partial charge in [-0.05, 0) is 54.6 Å². The minimum atomic E-state index is -0.0417. The van der Waals surface area contributed by atoms with Crippen LogP contribution in [0.5, 0.6) is 5.75 Å². The topological polar surface area (TPSA) is 65.3 Å². The van der Waals surface area contributed by atoms with Gasteiger partial charge in [0.15, 0.2) is 0 Å². The molecule has 0 heterocycles. The fourth-order valence-corrected chi connectivity index (χ4v) is 1.53. The fraction of sp³-hybridized carbons (Fsp3) is 0.300. The number of rotatable bonds is 3. The molecule has 5 heteroatoms. The standard InChI is InChI=1S/C10H13IN2O2/c1-6(2)15-9-5-7(10(12)13-14)3-4-8(9)11/h3-6,14H,1-2H3,(H2,12,13). The third kappa shape index (κ3) is 3.35. The van der Waals surface area contributed by atoms with Crippen molar-refractivity contribution in [3.63, 3.8) is 0 Å². The van der Waals surface area contributed by atoms with Gasteiger partial charge in [-0.1, -0.05) is 0 Å². The SMILES string of the molecule is CC(C)Oc1cc(C(=N)NO)ccc1I. The third-order valence-electron chi connectivity index (χ3n) is 1.69. The Morgan fingerprint density at radius 2 is 2.20 bits per heavy atom. The summed E-state index contributed by atoms with van der Waals surface area (Å²) in [5.41, 5.74) is 2.40. The summed E-state index contributed by atoms with van der Waals surface area (Å²) < 4.78 is 6.55. The van der Waals surface area contributed by atoms with Crippen LogP contribution in [0.4, 0.5) is 0 Å². The van der Waals surface area contributed by atoms with Crippen molar-refractivity contribution in [3.8, 4) is 5.75 Å². The van der Waals surface area contributed by atoms with Gasteiger partial charge in [-0.2, -0.15) is 0 Å². The summed E-state index contributed by atoms with van der Waals surface area (Å²) in [4.78, 5) is 0. The number of ether oxygens (including phenoxy) is 1. The quantitative estimate of drug-likeness (QED) is 0.347. The Morgan fingerprint density at radius 3 is 2.73 bits per heavy atom. The summed E-state index contributed by atoms with van der Waals surface area (Å²) in [6.45, 7) is 3.89. The van der Waals surface area contributed by atoms with Crippen molar-refractivity contribution in [2.75, 3.05) is 0 Å². The minimum Gasteiger partial charge on any atom is -0.490 e. The minimum absolute atomic E-state index is 0.0417. The zero-order valence-electron chi connectivity index (χ0n) is 8.54. The van der Waals surface area contributed by atoms with Crippen molar-refractivity contribution in [1.29, 1.82) is 5.41 Å². The van der Waals surface area contributed by atoms with Crippen LogP contribution >= 0.6 is 22.6 Å². The summed E-state index contributed by atoms with van der Waals surface area (Å²) >= 11 is 2.17. The van der Waals surface area contributed by atoms with E-state index in [1.54, 1.807) is 17.6 Å². The van der Waals surface area contributed by atoms with Crippen LogP contribution in [0.1, 0.15) is 19.4 Å². The summed E-state index contributed by atoms with van der Waals surface area (Å²) in [5.74, 6) is 0.683. The van der Waals surface area contributed by atoms with Gasteiger partial charge in [0.2, 0.25) is 0 Å². The van der Waals surface area contributed by atoms with Crippen LogP contribution < -0.4 is 10.2 Å². The molecule has 0 aliphatic heterocycles. The van der Waals surface area contributed by atoms with E-state index in [9.17, 15) is 0 Å². The van der Waals surface area contributed by atoms with E-state index < -0.39 is 0 Å². The number of nitrogens with one attached hydrogen (secondary N) is 2. The molecule has 0 saturated heterocycles. The van der Waals surface area contributed by atoms with E-state index in [1.165, 1.54) is 0 Å². The van der Waals surface area contributed by atoms with Crippen LogP contribution in [0.3, 0.4) is 0 Å². The van der Waals surface area contributed by atoms with Gasteiger partial charge in [-0.3, -0.25) is 16.1 Å². The molecule has 4 nitrogen and oxygen atoms in total. The van der Waals surface area contributed by atoms with Crippen molar-refractivity contribution in [2.24, 2.45) is 0 Å². The van der Waals surface area contributed by atoms with Crippen LogP contribution in [0.15, 0.2) is 18.2 Å². The summed E-state index contributed by atoms with van der Waals surface area (Å²) in [5, 5.41) is 16.0. The van der Waals surface area contributed by atoms with E-state index in [0.717, 1.165) is 9.32 Å². The van der Waals surface area contributed by atoms with Crippen molar-refractivity contribution in [1.82, 2.24) is 5.48 Å². The molecular formula is C10H13IN2O2. The predicted octanol–water partition coefficient (Wildman–Crippen LogP) is 2.38. The lowest BCUT2D eigenvalue weighted by atomic mass is 10.2. The average Bonchev–Trinajstić information content (AvgIpc) is 2.19. The van der Waals surface area contributed by atoms with Gasteiger partial charge in [0.05, 0.1) is 9.67 Å². The molecule has 1 aromatic rings. The highest BCUT2D eigenvalue weighted by Gasteiger charge is 2.07. The van der Waals surface area contributed by atoms with Gasteiger partial charge in [0, 0.05) is 5.56 Å². The lowest BCUT2D eigenvalue weighted by Crippen LogP contribution is -2.19. The van der Waals surface area contributed by atoms with Gasteiger partial charge >= 0.3 is 0 Å². The molecule has 0 bridgehead atoms. The smallest absolute Gasteiger partial charge is 0.149 e. The molecule has 0 spiro atoms. The van der Waals surface area contributed by atoms with E-state index in [1.807, 2.05) is 19.9 Å². The second-order valence-electron chi connectivity index (χ2n) is 3.30. The molecule has 0 aliphatic rings. The highest BCUT2D eigenvalue weighted by molar-refractivity contribution is 14.1. The highest BCUT2D eigenvalue weighted by Crippen LogP contribution is 2.23. The van der Waals surface area contributed by atoms with Crippen molar-refractivity contribution >= 4 is 28.4 Å². The first-order chi connectivity index (χ1) is 7.04. The van der Waals surface area contributed by atoms with Crippen molar-refractivity contribution in [2.45, 2.75) is 20.0 Å². The lowest BCUT2D eigenvalue weighted by Gasteiger charge is -2.12. The van der Waals surface area contributed by atoms with E-state index in [-0.39, 0.29) is 11.9 Å². The maximum atomic E-state index is 8.61. The fourth-order valence-electron chi connectivity index (χ4n) is 1.07. The Hall–Kier alpha value is -0.820. The second kappa shape index (κ2) is 5.32. The Bertz CT molecular complexity index is 366.